The number of hydrogen-bond donors (Lipinski definition) is 0. The molecule has 1 rings (SSSR count). The van der Waals surface area contributed by atoms with Crippen LogP contribution in [0.2, 0.25) is 0 Å². The molecule has 1 saturated heterocycles. The molecule has 1 amide bonds. The summed E-state index contributed by atoms with van der Waals surface area (Å²) in [5, 5.41) is 0. The molecule has 1 aliphatic rings. The van der Waals surface area contributed by atoms with Crippen molar-refractivity contribution in [3.05, 3.63) is 0 Å². The van der Waals surface area contributed by atoms with E-state index in [1.54, 1.807) is 6.92 Å². The summed E-state index contributed by atoms with van der Waals surface area (Å²) in [5.74, 6) is -1.52. The molecule has 1 atom stereocenters. The average molecular weight is 269 g/mol. The zero-order valence-corrected chi connectivity index (χ0v) is 11.8. The van der Waals surface area contributed by atoms with Crippen molar-refractivity contribution in [2.24, 2.45) is 5.92 Å². The third-order valence-corrected chi connectivity index (χ3v) is 3.31. The molecule has 1 aliphatic heterocycles. The Bertz CT molecular complexity index is 340. The van der Waals surface area contributed by atoms with Crippen LogP contribution >= 0.6 is 0 Å². The van der Waals surface area contributed by atoms with Gasteiger partial charge < -0.3 is 9.64 Å². The van der Waals surface area contributed by atoms with Gasteiger partial charge in [0.15, 0.2) is 5.78 Å². The third-order valence-electron chi connectivity index (χ3n) is 3.31. The van der Waals surface area contributed by atoms with Crippen LogP contribution in [0.3, 0.4) is 0 Å². The summed E-state index contributed by atoms with van der Waals surface area (Å²) in [4.78, 5) is 36.6. The summed E-state index contributed by atoms with van der Waals surface area (Å²) in [6, 6.07) is 0. The van der Waals surface area contributed by atoms with Gasteiger partial charge in [0.1, 0.15) is 5.92 Å². The maximum Gasteiger partial charge on any atom is 0.318 e. The summed E-state index contributed by atoms with van der Waals surface area (Å²) in [6.45, 7) is 4.31. The normalized spacial score (nSPS) is 18.7. The topological polar surface area (TPSA) is 63.7 Å². The molecule has 1 heterocycles. The summed E-state index contributed by atoms with van der Waals surface area (Å²) < 4.78 is 4.84. The highest BCUT2D eigenvalue weighted by atomic mass is 16.5. The van der Waals surface area contributed by atoms with Gasteiger partial charge in [-0.05, 0) is 13.3 Å². The van der Waals surface area contributed by atoms with Gasteiger partial charge in [0.25, 0.3) is 0 Å². The van der Waals surface area contributed by atoms with Gasteiger partial charge in [0, 0.05) is 13.0 Å². The number of hydrogen-bond acceptors (Lipinski definition) is 4. The molecular formula is C14H23NO4. The second-order valence-corrected chi connectivity index (χ2v) is 4.86. The minimum absolute atomic E-state index is 0.0312. The van der Waals surface area contributed by atoms with Gasteiger partial charge in [-0.1, -0.05) is 26.2 Å². The van der Waals surface area contributed by atoms with Gasteiger partial charge in [-0.2, -0.15) is 0 Å². The van der Waals surface area contributed by atoms with Crippen LogP contribution in [-0.2, 0) is 19.1 Å². The Morgan fingerprint density at radius 2 is 2.00 bits per heavy atom. The van der Waals surface area contributed by atoms with Gasteiger partial charge in [-0.3, -0.25) is 14.4 Å². The Kier molecular flexibility index (Phi) is 6.53. The van der Waals surface area contributed by atoms with Crippen LogP contribution in [0.25, 0.3) is 0 Å². The van der Waals surface area contributed by atoms with Crippen LogP contribution in [0, 0.1) is 5.92 Å². The second-order valence-electron chi connectivity index (χ2n) is 4.86. The molecule has 19 heavy (non-hydrogen) atoms. The number of carbonyl (C=O) groups excluding carboxylic acids is 3. The van der Waals surface area contributed by atoms with Crippen LogP contribution in [-0.4, -0.2) is 42.3 Å². The van der Waals surface area contributed by atoms with Gasteiger partial charge >= 0.3 is 5.97 Å². The largest absolute Gasteiger partial charge is 0.465 e. The molecule has 0 bridgehead atoms. The first kappa shape index (κ1) is 15.7. The van der Waals surface area contributed by atoms with Crippen molar-refractivity contribution < 1.29 is 19.1 Å². The molecule has 0 saturated carbocycles. The Balaban J connectivity index is 2.38. The Morgan fingerprint density at radius 3 is 2.63 bits per heavy atom. The number of carbonyl (C=O) groups is 3. The van der Waals surface area contributed by atoms with Crippen molar-refractivity contribution in [2.75, 3.05) is 19.7 Å². The lowest BCUT2D eigenvalue weighted by Gasteiger charge is -2.14. The molecule has 0 aliphatic carbocycles. The van der Waals surface area contributed by atoms with Crippen molar-refractivity contribution in [3.63, 3.8) is 0 Å². The highest BCUT2D eigenvalue weighted by Crippen LogP contribution is 2.16. The smallest absolute Gasteiger partial charge is 0.318 e. The van der Waals surface area contributed by atoms with E-state index in [1.165, 1.54) is 4.90 Å². The quantitative estimate of drug-likeness (QED) is 0.399. The lowest BCUT2D eigenvalue weighted by molar-refractivity contribution is -0.149. The number of likely N-dealkylation sites (tertiary alicyclic amines) is 1. The molecule has 0 aromatic carbocycles. The fraction of sp³-hybridized carbons (Fsp3) is 0.786. The predicted octanol–water partition coefficient (Wildman–Crippen LogP) is 1.55. The number of amides is 1. The van der Waals surface area contributed by atoms with Crippen molar-refractivity contribution in [1.29, 1.82) is 0 Å². The van der Waals surface area contributed by atoms with E-state index in [1.807, 2.05) is 0 Å². The highest BCUT2D eigenvalue weighted by Gasteiger charge is 2.38. The lowest BCUT2D eigenvalue weighted by Crippen LogP contribution is -2.30. The van der Waals surface area contributed by atoms with E-state index in [2.05, 4.69) is 6.92 Å². The van der Waals surface area contributed by atoms with Crippen molar-refractivity contribution in [3.8, 4) is 0 Å². The molecule has 108 valence electrons. The van der Waals surface area contributed by atoms with Gasteiger partial charge in [-0.25, -0.2) is 0 Å². The first-order chi connectivity index (χ1) is 9.10. The van der Waals surface area contributed by atoms with E-state index in [0.717, 1.165) is 25.7 Å². The van der Waals surface area contributed by atoms with Gasteiger partial charge in [0.05, 0.1) is 13.2 Å². The van der Waals surface area contributed by atoms with E-state index in [0.29, 0.717) is 6.42 Å². The second kappa shape index (κ2) is 7.92. The van der Waals surface area contributed by atoms with Crippen LogP contribution in [0.5, 0.6) is 0 Å². The van der Waals surface area contributed by atoms with E-state index in [4.69, 9.17) is 4.74 Å². The fourth-order valence-electron chi connectivity index (χ4n) is 2.19. The van der Waals surface area contributed by atoms with Crippen molar-refractivity contribution >= 4 is 17.7 Å². The molecule has 0 N–H and O–H groups in total. The number of unbranched alkanes of at least 4 members (excludes halogenated alkanes) is 3. The highest BCUT2D eigenvalue weighted by molar-refractivity contribution is 6.03. The molecule has 1 fully saturated rings. The van der Waals surface area contributed by atoms with Crippen LogP contribution in [0.4, 0.5) is 0 Å². The van der Waals surface area contributed by atoms with Gasteiger partial charge in [0.2, 0.25) is 5.91 Å². The molecule has 5 heteroatoms. The maximum atomic E-state index is 11.9. The number of rotatable bonds is 7. The molecule has 1 unspecified atom stereocenters. The number of ether oxygens (including phenoxy) is 1. The zero-order valence-electron chi connectivity index (χ0n) is 11.8. The van der Waals surface area contributed by atoms with E-state index in [9.17, 15) is 14.4 Å². The van der Waals surface area contributed by atoms with E-state index < -0.39 is 11.9 Å². The van der Waals surface area contributed by atoms with Crippen LogP contribution in [0.15, 0.2) is 0 Å². The Hall–Kier alpha value is -1.39. The number of Topliss-reactive ketones (excluding diaryl/α,β-unsaturated/α-hetero) is 1. The zero-order chi connectivity index (χ0) is 14.3. The first-order valence-electron chi connectivity index (χ1n) is 7.07. The van der Waals surface area contributed by atoms with Gasteiger partial charge in [-0.15, -0.1) is 0 Å². The average Bonchev–Trinajstić information content (AvgIpc) is 2.77. The summed E-state index contributed by atoms with van der Waals surface area (Å²) in [6.07, 6.45) is 4.59. The van der Waals surface area contributed by atoms with Crippen LogP contribution in [0.1, 0.15) is 46.0 Å². The van der Waals surface area contributed by atoms with Crippen LogP contribution < -0.4 is 0 Å². The Labute approximate surface area is 114 Å². The fourth-order valence-corrected chi connectivity index (χ4v) is 2.19. The number of ketones is 1. The molecule has 0 spiro atoms. The molecular weight excluding hydrogens is 246 g/mol. The van der Waals surface area contributed by atoms with E-state index >= 15 is 0 Å². The van der Waals surface area contributed by atoms with Crippen molar-refractivity contribution in [2.45, 2.75) is 46.0 Å². The van der Waals surface area contributed by atoms with E-state index in [-0.39, 0.29) is 31.4 Å². The molecule has 0 aromatic rings. The predicted molar refractivity (Wildman–Crippen MR) is 70.5 cm³/mol. The first-order valence-corrected chi connectivity index (χ1v) is 7.07. The minimum Gasteiger partial charge on any atom is -0.465 e. The number of esters is 1. The lowest BCUT2D eigenvalue weighted by atomic mass is 10.1. The third kappa shape index (κ3) is 4.65. The Morgan fingerprint density at radius 1 is 1.26 bits per heavy atom. The maximum absolute atomic E-state index is 11.9. The van der Waals surface area contributed by atoms with Crippen molar-refractivity contribution in [1.82, 2.24) is 4.90 Å². The molecule has 0 radical (unpaired) electrons. The molecule has 5 nitrogen and oxygen atoms in total. The minimum atomic E-state index is -0.778. The number of nitrogens with zero attached hydrogens (tertiary/aromatic N) is 1. The summed E-state index contributed by atoms with van der Waals surface area (Å²) in [7, 11) is 0. The molecule has 0 aromatic heterocycles. The standard InChI is InChI=1S/C14H23NO4/c1-3-5-6-7-8-13(17)15-9-11(12(16)10-15)14(18)19-4-2/h11H,3-10H2,1-2H3. The summed E-state index contributed by atoms with van der Waals surface area (Å²) in [5.41, 5.74) is 0. The monoisotopic (exact) mass is 269 g/mol. The summed E-state index contributed by atoms with van der Waals surface area (Å²) >= 11 is 0. The SMILES string of the molecule is CCCCCCC(=O)N1CC(=O)C(C(=O)OCC)C1.